The van der Waals surface area contributed by atoms with Gasteiger partial charge in [0.05, 0.1) is 6.04 Å². The first kappa shape index (κ1) is 25.9. The number of benzene rings is 1. The Morgan fingerprint density at radius 1 is 1.09 bits per heavy atom. The van der Waals surface area contributed by atoms with Gasteiger partial charge < -0.3 is 9.80 Å². The fourth-order valence-corrected chi connectivity index (χ4v) is 6.63. The summed E-state index contributed by atoms with van der Waals surface area (Å²) in [6.45, 7) is 10.1. The van der Waals surface area contributed by atoms with Crippen LogP contribution in [0, 0.1) is 5.92 Å². The van der Waals surface area contributed by atoms with Crippen molar-refractivity contribution in [2.45, 2.75) is 71.4 Å². The molecule has 0 radical (unpaired) electrons. The number of carbonyl (C=O) groups is 2. The maximum absolute atomic E-state index is 13.2. The van der Waals surface area contributed by atoms with Gasteiger partial charge in [0, 0.05) is 56.0 Å². The molecule has 6 heteroatoms. The number of amides is 2. The number of nitrogens with zero attached hydrogens (tertiary/aromatic N) is 3. The number of hydrogen-bond donors (Lipinski definition) is 0. The molecule has 0 spiro atoms. The maximum atomic E-state index is 13.2. The lowest BCUT2D eigenvalue weighted by Crippen LogP contribution is -2.56. The van der Waals surface area contributed by atoms with Crippen molar-refractivity contribution in [2.75, 3.05) is 32.7 Å². The average Bonchev–Trinajstić information content (AvgIpc) is 3.36. The van der Waals surface area contributed by atoms with Crippen molar-refractivity contribution < 1.29 is 9.59 Å². The van der Waals surface area contributed by atoms with Crippen molar-refractivity contribution in [1.82, 2.24) is 14.7 Å². The smallest absolute Gasteiger partial charge is 0.226 e. The molecule has 0 unspecified atom stereocenters. The van der Waals surface area contributed by atoms with Crippen LogP contribution >= 0.6 is 11.3 Å². The molecule has 1 saturated heterocycles. The van der Waals surface area contributed by atoms with Gasteiger partial charge in [-0.15, -0.1) is 11.3 Å². The number of hydrogen-bond acceptors (Lipinski definition) is 4. The van der Waals surface area contributed by atoms with Crippen molar-refractivity contribution in [1.29, 1.82) is 0 Å². The summed E-state index contributed by atoms with van der Waals surface area (Å²) >= 11 is 1.85. The molecule has 35 heavy (non-hydrogen) atoms. The zero-order valence-corrected chi connectivity index (χ0v) is 22.4. The summed E-state index contributed by atoms with van der Waals surface area (Å²) in [5.41, 5.74) is 2.70. The molecule has 1 aromatic carbocycles. The summed E-state index contributed by atoms with van der Waals surface area (Å²) in [5.74, 6) is 0.617. The maximum Gasteiger partial charge on any atom is 0.226 e. The third-order valence-corrected chi connectivity index (χ3v) is 8.80. The Balaban J connectivity index is 1.35. The Bertz CT molecular complexity index is 975. The van der Waals surface area contributed by atoms with Crippen molar-refractivity contribution in [2.24, 2.45) is 5.92 Å². The van der Waals surface area contributed by atoms with Crippen LogP contribution in [0.25, 0.3) is 0 Å². The van der Waals surface area contributed by atoms with Gasteiger partial charge in [0.2, 0.25) is 11.8 Å². The van der Waals surface area contributed by atoms with E-state index in [1.54, 1.807) is 0 Å². The first-order valence-corrected chi connectivity index (χ1v) is 14.3. The van der Waals surface area contributed by atoms with Gasteiger partial charge >= 0.3 is 0 Å². The highest BCUT2D eigenvalue weighted by Gasteiger charge is 2.34. The molecular formula is C29H41N3O2S. The molecule has 0 aliphatic carbocycles. The fourth-order valence-electron chi connectivity index (χ4n) is 5.73. The van der Waals surface area contributed by atoms with Crippen LogP contribution in [-0.4, -0.2) is 65.3 Å². The van der Waals surface area contributed by atoms with Crippen molar-refractivity contribution in [3.8, 4) is 0 Å². The molecule has 0 N–H and O–H groups in total. The molecule has 2 amide bonds. The van der Waals surface area contributed by atoms with E-state index in [-0.39, 0.29) is 29.8 Å². The first-order chi connectivity index (χ1) is 17.0. The van der Waals surface area contributed by atoms with Gasteiger partial charge in [0.1, 0.15) is 0 Å². The van der Waals surface area contributed by atoms with E-state index in [0.29, 0.717) is 26.1 Å². The van der Waals surface area contributed by atoms with Gasteiger partial charge in [-0.25, -0.2) is 0 Å². The largest absolute Gasteiger partial charge is 0.339 e. The molecule has 1 fully saturated rings. The lowest BCUT2D eigenvalue weighted by Gasteiger charge is -2.42. The minimum absolute atomic E-state index is 0.0799. The fraction of sp³-hybridized carbons (Fsp3) is 0.586. The summed E-state index contributed by atoms with van der Waals surface area (Å²) in [6, 6.07) is 13.2. The van der Waals surface area contributed by atoms with Gasteiger partial charge in [0.25, 0.3) is 0 Å². The molecule has 2 aliphatic rings. The second-order valence-corrected chi connectivity index (χ2v) is 11.1. The number of thiophene rings is 1. The van der Waals surface area contributed by atoms with Crippen LogP contribution in [-0.2, 0) is 16.0 Å². The highest BCUT2D eigenvalue weighted by molar-refractivity contribution is 7.10. The molecule has 2 aliphatic heterocycles. The van der Waals surface area contributed by atoms with Gasteiger partial charge in [-0.1, -0.05) is 57.0 Å². The first-order valence-electron chi connectivity index (χ1n) is 13.5. The normalized spacial score (nSPS) is 21.6. The Morgan fingerprint density at radius 2 is 1.89 bits per heavy atom. The third kappa shape index (κ3) is 5.97. The van der Waals surface area contributed by atoms with Crippen LogP contribution in [0.15, 0.2) is 41.8 Å². The molecule has 2 aromatic rings. The zero-order chi connectivity index (χ0) is 24.8. The summed E-state index contributed by atoms with van der Waals surface area (Å²) in [5, 5.41) is 2.20. The lowest BCUT2D eigenvalue weighted by molar-refractivity contribution is -0.145. The second kappa shape index (κ2) is 12.2. The standard InChI is InChI=1S/C29H41N3O2S/c1-4-6-10-23(5-2)29(34)32-19-18-31(21-22(32)3)27(33)14-17-30-16-13-26-25(15-20-35-26)28(30)24-11-8-7-9-12-24/h7-9,11-12,15,20,22-23,28H,4-6,10,13-14,16-19,21H2,1-3H3/t22-,23-,28+/m0/s1. The number of unbranched alkanes of at least 4 members (excludes halogenated alkanes) is 1. The van der Waals surface area contributed by atoms with Gasteiger partial charge in [-0.2, -0.15) is 0 Å². The van der Waals surface area contributed by atoms with Gasteiger partial charge in [0.15, 0.2) is 0 Å². The van der Waals surface area contributed by atoms with E-state index in [4.69, 9.17) is 0 Å². The van der Waals surface area contributed by atoms with E-state index >= 15 is 0 Å². The number of piperazine rings is 1. The Hall–Kier alpha value is -2.18. The molecule has 1 aromatic heterocycles. The Morgan fingerprint density at radius 3 is 2.60 bits per heavy atom. The van der Waals surface area contributed by atoms with Crippen molar-refractivity contribution in [3.05, 3.63) is 57.8 Å². The Kier molecular flexibility index (Phi) is 9.01. The van der Waals surface area contributed by atoms with E-state index in [0.717, 1.165) is 45.2 Å². The topological polar surface area (TPSA) is 43.9 Å². The summed E-state index contributed by atoms with van der Waals surface area (Å²) in [7, 11) is 0. The van der Waals surface area contributed by atoms with Gasteiger partial charge in [-0.05, 0) is 48.8 Å². The van der Waals surface area contributed by atoms with E-state index in [9.17, 15) is 9.59 Å². The van der Waals surface area contributed by atoms with Crippen molar-refractivity contribution in [3.63, 3.8) is 0 Å². The molecule has 0 bridgehead atoms. The highest BCUT2D eigenvalue weighted by atomic mass is 32.1. The SMILES string of the molecule is CCCC[C@H](CC)C(=O)N1CCN(C(=O)CCN2CCc3sccc3[C@H]2c2ccccc2)C[C@@H]1C. The van der Waals surface area contributed by atoms with E-state index in [2.05, 4.69) is 67.4 Å². The van der Waals surface area contributed by atoms with Crippen LogP contribution in [0.4, 0.5) is 0 Å². The lowest BCUT2D eigenvalue weighted by atomic mass is 9.93. The van der Waals surface area contributed by atoms with Crippen LogP contribution in [0.5, 0.6) is 0 Å². The average molecular weight is 496 g/mol. The monoisotopic (exact) mass is 495 g/mol. The summed E-state index contributed by atoms with van der Waals surface area (Å²) < 4.78 is 0. The van der Waals surface area contributed by atoms with E-state index in [1.165, 1.54) is 16.0 Å². The van der Waals surface area contributed by atoms with Gasteiger partial charge in [-0.3, -0.25) is 14.5 Å². The predicted molar refractivity (Wildman–Crippen MR) is 144 cm³/mol. The molecule has 0 saturated carbocycles. The Labute approximate surface area is 215 Å². The van der Waals surface area contributed by atoms with Crippen LogP contribution in [0.2, 0.25) is 0 Å². The molecular weight excluding hydrogens is 454 g/mol. The zero-order valence-electron chi connectivity index (χ0n) is 21.6. The van der Waals surface area contributed by atoms with E-state index in [1.807, 2.05) is 21.1 Å². The highest BCUT2D eigenvalue weighted by Crippen LogP contribution is 2.37. The second-order valence-electron chi connectivity index (χ2n) is 10.1. The number of fused-ring (bicyclic) bond motifs is 1. The summed E-state index contributed by atoms with van der Waals surface area (Å²) in [6.07, 6.45) is 5.68. The number of carbonyl (C=O) groups excluding carboxylic acids is 2. The number of rotatable bonds is 9. The third-order valence-electron chi connectivity index (χ3n) is 7.81. The molecule has 190 valence electrons. The summed E-state index contributed by atoms with van der Waals surface area (Å²) in [4.78, 5) is 34.3. The molecule has 3 heterocycles. The molecule has 3 atom stereocenters. The minimum Gasteiger partial charge on any atom is -0.339 e. The predicted octanol–water partition coefficient (Wildman–Crippen LogP) is 5.36. The molecule has 4 rings (SSSR count). The van der Waals surface area contributed by atoms with Crippen LogP contribution in [0.1, 0.15) is 74.9 Å². The molecule has 5 nitrogen and oxygen atoms in total. The minimum atomic E-state index is 0.0799. The van der Waals surface area contributed by atoms with E-state index < -0.39 is 0 Å². The van der Waals surface area contributed by atoms with Crippen LogP contribution in [0.3, 0.4) is 0 Å². The van der Waals surface area contributed by atoms with Crippen molar-refractivity contribution >= 4 is 23.2 Å². The van der Waals surface area contributed by atoms with Crippen LogP contribution < -0.4 is 0 Å². The quantitative estimate of drug-likeness (QED) is 0.470.